The van der Waals surface area contributed by atoms with Crippen molar-refractivity contribution in [2.75, 3.05) is 13.2 Å². The van der Waals surface area contributed by atoms with E-state index in [0.717, 1.165) is 44.9 Å². The number of esters is 2. The van der Waals surface area contributed by atoms with Gasteiger partial charge in [0.1, 0.15) is 0 Å². The lowest BCUT2D eigenvalue weighted by molar-refractivity contribution is -0.155. The lowest BCUT2D eigenvalue weighted by Crippen LogP contribution is -2.23. The maximum atomic E-state index is 13.1. The summed E-state index contributed by atoms with van der Waals surface area (Å²) in [6, 6.07) is 0. The molecule has 0 aromatic heterocycles. The van der Waals surface area contributed by atoms with Crippen molar-refractivity contribution in [2.45, 2.75) is 271 Å². The van der Waals surface area contributed by atoms with E-state index in [-0.39, 0.29) is 24.3 Å². The molecule has 0 saturated carbocycles. The van der Waals surface area contributed by atoms with Gasteiger partial charge in [0, 0.05) is 0 Å². The van der Waals surface area contributed by atoms with Gasteiger partial charge in [-0.3, -0.25) is 9.59 Å². The molecule has 0 heterocycles. The van der Waals surface area contributed by atoms with Crippen LogP contribution < -0.4 is 0 Å². The molecule has 0 bridgehead atoms. The molecule has 0 aromatic rings. The van der Waals surface area contributed by atoms with E-state index >= 15 is 0 Å². The maximum absolute atomic E-state index is 13.1. The minimum absolute atomic E-state index is 0.170. The summed E-state index contributed by atoms with van der Waals surface area (Å²) in [5.41, 5.74) is 0. The molecule has 0 saturated heterocycles. The Labute approximate surface area is 332 Å². The number of rotatable bonds is 44. The molecule has 1 atom stereocenters. The topological polar surface area (TPSA) is 52.6 Å². The Kier molecular flexibility index (Phi) is 43.9. The number of allylic oxidation sites excluding steroid dienone is 2. The Balaban J connectivity index is 4.18. The molecule has 0 radical (unpaired) electrons. The first-order chi connectivity index (χ1) is 26.2. The maximum Gasteiger partial charge on any atom is 0.309 e. The fraction of sp³-hybridized carbons (Fsp3) is 0.918. The summed E-state index contributed by atoms with van der Waals surface area (Å²) >= 11 is 0. The normalized spacial score (nSPS) is 12.1. The molecule has 1 unspecified atom stereocenters. The molecule has 53 heavy (non-hydrogen) atoms. The van der Waals surface area contributed by atoms with Gasteiger partial charge in [-0.05, 0) is 44.9 Å². The first-order valence-corrected chi connectivity index (χ1v) is 24.1. The molecule has 0 N–H and O–H groups in total. The zero-order valence-electron chi connectivity index (χ0n) is 36.4. The molecule has 0 fully saturated rings. The number of carbonyl (C=O) groups is 2. The number of hydrogen-bond acceptors (Lipinski definition) is 4. The highest BCUT2D eigenvalue weighted by atomic mass is 16.5. The van der Waals surface area contributed by atoms with E-state index in [0.29, 0.717) is 13.2 Å². The van der Waals surface area contributed by atoms with E-state index in [1.807, 2.05) is 0 Å². The van der Waals surface area contributed by atoms with Crippen molar-refractivity contribution in [3.63, 3.8) is 0 Å². The molecule has 4 nitrogen and oxygen atoms in total. The second-order valence-corrected chi connectivity index (χ2v) is 16.4. The number of ether oxygens (including phenoxy) is 2. The fourth-order valence-corrected chi connectivity index (χ4v) is 7.39. The molecule has 0 aromatic carbocycles. The van der Waals surface area contributed by atoms with Crippen LogP contribution in [0.3, 0.4) is 0 Å². The van der Waals surface area contributed by atoms with Crippen LogP contribution in [0.25, 0.3) is 0 Å². The molecule has 314 valence electrons. The van der Waals surface area contributed by atoms with Crippen LogP contribution in [0.15, 0.2) is 12.2 Å². The molecule has 0 aliphatic rings. The van der Waals surface area contributed by atoms with Gasteiger partial charge in [-0.1, -0.05) is 232 Å². The SMILES string of the molecule is CCCCCCCC/C=C/CCCCCCCCCCCC(CC(=O)OCCCCCCCCCCCC)C(=O)OCCCCCCCCCCCC. The smallest absolute Gasteiger partial charge is 0.309 e. The Hall–Kier alpha value is -1.32. The summed E-state index contributed by atoms with van der Waals surface area (Å²) in [5.74, 6) is -0.776. The number of hydrogen-bond donors (Lipinski definition) is 0. The second kappa shape index (κ2) is 45.1. The van der Waals surface area contributed by atoms with Crippen LogP contribution in [0, 0.1) is 5.92 Å². The zero-order chi connectivity index (χ0) is 38.6. The molecular formula is C49H94O4. The Bertz CT molecular complexity index is 762. The summed E-state index contributed by atoms with van der Waals surface area (Å²) in [6.07, 6.45) is 53.0. The molecule has 4 heteroatoms. The van der Waals surface area contributed by atoms with Crippen LogP contribution in [-0.2, 0) is 19.1 Å². The van der Waals surface area contributed by atoms with Crippen molar-refractivity contribution in [3.05, 3.63) is 12.2 Å². The van der Waals surface area contributed by atoms with Crippen molar-refractivity contribution in [1.29, 1.82) is 0 Å². The fourth-order valence-electron chi connectivity index (χ4n) is 7.39. The standard InChI is InChI=1S/C49H94O4/c1-4-7-10-13-16-19-22-23-24-25-26-27-28-29-30-31-34-37-40-43-47(49(51)53-45-42-39-36-33-21-18-15-12-9-6-3)46-48(50)52-44-41-38-35-32-20-17-14-11-8-5-2/h23-24,47H,4-22,25-46H2,1-3H3/b24-23+. The number of unbranched alkanes of at least 4 members (excludes halogenated alkanes) is 33. The van der Waals surface area contributed by atoms with Crippen LogP contribution in [0.2, 0.25) is 0 Å². The van der Waals surface area contributed by atoms with Crippen LogP contribution >= 0.6 is 0 Å². The van der Waals surface area contributed by atoms with Gasteiger partial charge in [-0.15, -0.1) is 0 Å². The van der Waals surface area contributed by atoms with E-state index in [9.17, 15) is 9.59 Å². The predicted octanol–water partition coefficient (Wildman–Crippen LogP) is 16.5. The summed E-state index contributed by atoms with van der Waals surface area (Å²) < 4.78 is 11.3. The monoisotopic (exact) mass is 747 g/mol. The molecule has 0 aliphatic heterocycles. The summed E-state index contributed by atoms with van der Waals surface area (Å²) in [5, 5.41) is 0. The highest BCUT2D eigenvalue weighted by Crippen LogP contribution is 2.20. The molecule has 0 amide bonds. The average molecular weight is 747 g/mol. The third kappa shape index (κ3) is 41.7. The van der Waals surface area contributed by atoms with Crippen molar-refractivity contribution in [3.8, 4) is 0 Å². The van der Waals surface area contributed by atoms with Gasteiger partial charge in [0.25, 0.3) is 0 Å². The van der Waals surface area contributed by atoms with Gasteiger partial charge in [0.15, 0.2) is 0 Å². The van der Waals surface area contributed by atoms with Gasteiger partial charge < -0.3 is 9.47 Å². The third-order valence-electron chi connectivity index (χ3n) is 11.1. The zero-order valence-corrected chi connectivity index (χ0v) is 36.4. The highest BCUT2D eigenvalue weighted by Gasteiger charge is 2.24. The summed E-state index contributed by atoms with van der Waals surface area (Å²) in [6.45, 7) is 7.77. The van der Waals surface area contributed by atoms with Crippen LogP contribution in [0.1, 0.15) is 271 Å². The highest BCUT2D eigenvalue weighted by molar-refractivity contribution is 5.79. The molecule has 0 spiro atoms. The van der Waals surface area contributed by atoms with E-state index in [2.05, 4.69) is 32.9 Å². The predicted molar refractivity (Wildman–Crippen MR) is 232 cm³/mol. The quantitative estimate of drug-likeness (QED) is 0.0354. The number of carbonyl (C=O) groups excluding carboxylic acids is 2. The average Bonchev–Trinajstić information content (AvgIpc) is 3.16. The van der Waals surface area contributed by atoms with Crippen molar-refractivity contribution < 1.29 is 19.1 Å². The van der Waals surface area contributed by atoms with Crippen molar-refractivity contribution in [1.82, 2.24) is 0 Å². The van der Waals surface area contributed by atoms with Crippen molar-refractivity contribution >= 4 is 11.9 Å². The van der Waals surface area contributed by atoms with E-state index in [4.69, 9.17) is 9.47 Å². The first-order valence-electron chi connectivity index (χ1n) is 24.1. The van der Waals surface area contributed by atoms with Gasteiger partial charge in [-0.25, -0.2) is 0 Å². The lowest BCUT2D eigenvalue weighted by Gasteiger charge is -2.16. The van der Waals surface area contributed by atoms with E-state index in [1.165, 1.54) is 199 Å². The van der Waals surface area contributed by atoms with Crippen LogP contribution in [0.5, 0.6) is 0 Å². The van der Waals surface area contributed by atoms with Gasteiger partial charge in [0.2, 0.25) is 0 Å². The second-order valence-electron chi connectivity index (χ2n) is 16.4. The first kappa shape index (κ1) is 51.7. The Morgan fingerprint density at radius 3 is 1.06 bits per heavy atom. The third-order valence-corrected chi connectivity index (χ3v) is 11.1. The van der Waals surface area contributed by atoms with Gasteiger partial charge in [0.05, 0.1) is 25.6 Å². The van der Waals surface area contributed by atoms with E-state index < -0.39 is 0 Å². The Morgan fingerprint density at radius 1 is 0.377 bits per heavy atom. The summed E-state index contributed by atoms with van der Waals surface area (Å²) in [7, 11) is 0. The minimum Gasteiger partial charge on any atom is -0.466 e. The van der Waals surface area contributed by atoms with Gasteiger partial charge >= 0.3 is 11.9 Å². The Morgan fingerprint density at radius 2 is 0.679 bits per heavy atom. The largest absolute Gasteiger partial charge is 0.466 e. The van der Waals surface area contributed by atoms with E-state index in [1.54, 1.807) is 0 Å². The molecule has 0 aliphatic carbocycles. The summed E-state index contributed by atoms with van der Waals surface area (Å²) in [4.78, 5) is 25.8. The molecule has 0 rings (SSSR count). The molecular weight excluding hydrogens is 653 g/mol. The van der Waals surface area contributed by atoms with Gasteiger partial charge in [-0.2, -0.15) is 0 Å². The lowest BCUT2D eigenvalue weighted by atomic mass is 9.97. The van der Waals surface area contributed by atoms with Crippen LogP contribution in [0.4, 0.5) is 0 Å². The minimum atomic E-state index is -0.363. The van der Waals surface area contributed by atoms with Crippen molar-refractivity contribution in [2.24, 2.45) is 5.92 Å². The van der Waals surface area contributed by atoms with Crippen LogP contribution in [-0.4, -0.2) is 25.2 Å².